The van der Waals surface area contributed by atoms with E-state index in [1.165, 1.54) is 0 Å². The second kappa shape index (κ2) is 12.1. The van der Waals surface area contributed by atoms with Crippen LogP contribution in [0.1, 0.15) is 66.9 Å². The maximum Gasteiger partial charge on any atom is 0.274 e. The van der Waals surface area contributed by atoms with Crippen LogP contribution in [0.2, 0.25) is 0 Å². The monoisotopic (exact) mass is 490 g/mol. The molecule has 0 spiro atoms. The van der Waals surface area contributed by atoms with Crippen LogP contribution in [0.5, 0.6) is 0 Å². The number of amides is 2. The first-order valence-corrected chi connectivity index (χ1v) is 12.6. The van der Waals surface area contributed by atoms with E-state index in [1.54, 1.807) is 17.6 Å². The molecule has 4 rings (SSSR count). The number of benzene rings is 2. The Balaban J connectivity index is 1.73. The Kier molecular flexibility index (Phi) is 8.64. The number of aromatic nitrogens is 1. The lowest BCUT2D eigenvalue weighted by Gasteiger charge is -2.45. The zero-order valence-electron chi connectivity index (χ0n) is 20.8. The molecular weight excluding hydrogens is 456 g/mol. The molecule has 1 aliphatic heterocycles. The predicted octanol–water partition coefficient (Wildman–Crippen LogP) is 4.68. The molecule has 2 aromatic carbocycles. The minimum atomic E-state index is -0.583. The lowest BCUT2D eigenvalue weighted by molar-refractivity contribution is -0.143. The first-order chi connectivity index (χ1) is 17.5. The van der Waals surface area contributed by atoms with Crippen LogP contribution in [-0.4, -0.2) is 39.5 Å². The van der Waals surface area contributed by atoms with E-state index in [-0.39, 0.29) is 30.2 Å². The normalized spacial score (nSPS) is 19.1. The van der Waals surface area contributed by atoms with Crippen molar-refractivity contribution >= 4 is 22.7 Å². The molecule has 1 aromatic heterocycles. The standard InChI is InChI=1S/C28H34N4O4/c1-3-10-25-21(18-26(33)30-35)13-9-16-32(25)28(36-31-27(34)20-11-5-4-6-12-20)23-17-19(2)29-24-15-8-7-14-22(23)24/h4-8,11-12,14-15,17,21,25,28,35H,3,9-10,13,16,18H2,1-2H3,(H,30,33)(H,31,34)/t21-,25-,28?/m1/s1. The summed E-state index contributed by atoms with van der Waals surface area (Å²) in [5.41, 5.74) is 7.61. The number of nitrogens with one attached hydrogen (secondary N) is 2. The lowest BCUT2D eigenvalue weighted by atomic mass is 9.83. The summed E-state index contributed by atoms with van der Waals surface area (Å²) in [6.07, 6.45) is 3.19. The van der Waals surface area contributed by atoms with Gasteiger partial charge < -0.3 is 0 Å². The van der Waals surface area contributed by atoms with E-state index >= 15 is 0 Å². The largest absolute Gasteiger partial charge is 0.289 e. The van der Waals surface area contributed by atoms with E-state index in [4.69, 9.17) is 10.0 Å². The Labute approximate surface area is 211 Å². The lowest BCUT2D eigenvalue weighted by Crippen LogP contribution is -2.50. The van der Waals surface area contributed by atoms with Crippen LogP contribution in [0.4, 0.5) is 0 Å². The van der Waals surface area contributed by atoms with Crippen LogP contribution < -0.4 is 11.0 Å². The van der Waals surface area contributed by atoms with Gasteiger partial charge in [0, 0.05) is 41.2 Å². The van der Waals surface area contributed by atoms with Crippen LogP contribution in [0.15, 0.2) is 60.7 Å². The molecule has 1 aliphatic rings. The summed E-state index contributed by atoms with van der Waals surface area (Å²) in [5, 5.41) is 10.1. The SMILES string of the molecule is CCC[C@@H]1[C@@H](CC(=O)NO)CCCN1C(ONC(=O)c1ccccc1)c1cc(C)nc2ccccc12. The van der Waals surface area contributed by atoms with E-state index in [9.17, 15) is 9.59 Å². The number of carbonyl (C=O) groups is 2. The number of hydrogen-bond acceptors (Lipinski definition) is 6. The number of piperidine rings is 1. The van der Waals surface area contributed by atoms with Gasteiger partial charge in [-0.1, -0.05) is 49.7 Å². The fraction of sp³-hybridized carbons (Fsp3) is 0.393. The highest BCUT2D eigenvalue weighted by Crippen LogP contribution is 2.38. The molecule has 0 saturated carbocycles. The van der Waals surface area contributed by atoms with Crippen molar-refractivity contribution in [2.75, 3.05) is 6.54 Å². The third kappa shape index (κ3) is 5.90. The average molecular weight is 491 g/mol. The predicted molar refractivity (Wildman–Crippen MR) is 137 cm³/mol. The van der Waals surface area contributed by atoms with Crippen LogP contribution in [0.3, 0.4) is 0 Å². The summed E-state index contributed by atoms with van der Waals surface area (Å²) in [7, 11) is 0. The van der Waals surface area contributed by atoms with Crippen LogP contribution in [-0.2, 0) is 9.63 Å². The molecule has 0 aliphatic carbocycles. The van der Waals surface area contributed by atoms with E-state index in [2.05, 4.69) is 22.3 Å². The second-order valence-electron chi connectivity index (χ2n) is 9.37. The van der Waals surface area contributed by atoms with Gasteiger partial charge in [0.15, 0.2) is 6.23 Å². The van der Waals surface area contributed by atoms with E-state index in [1.807, 2.05) is 55.5 Å². The van der Waals surface area contributed by atoms with Gasteiger partial charge in [0.1, 0.15) is 0 Å². The Morgan fingerprint density at radius 1 is 1.17 bits per heavy atom. The molecule has 190 valence electrons. The summed E-state index contributed by atoms with van der Waals surface area (Å²) in [5.74, 6) is -0.657. The van der Waals surface area contributed by atoms with Gasteiger partial charge in [0.05, 0.1) is 5.52 Å². The van der Waals surface area contributed by atoms with Crippen LogP contribution >= 0.6 is 0 Å². The average Bonchev–Trinajstić information content (AvgIpc) is 2.90. The molecule has 3 atom stereocenters. The van der Waals surface area contributed by atoms with Crippen molar-refractivity contribution < 1.29 is 19.6 Å². The molecule has 1 saturated heterocycles. The highest BCUT2D eigenvalue weighted by Gasteiger charge is 2.38. The van der Waals surface area contributed by atoms with Gasteiger partial charge >= 0.3 is 0 Å². The molecule has 36 heavy (non-hydrogen) atoms. The molecular formula is C28H34N4O4. The molecule has 8 nitrogen and oxygen atoms in total. The number of hydrogen-bond donors (Lipinski definition) is 3. The van der Waals surface area contributed by atoms with Crippen molar-refractivity contribution in [3.63, 3.8) is 0 Å². The van der Waals surface area contributed by atoms with Crippen LogP contribution in [0, 0.1) is 12.8 Å². The summed E-state index contributed by atoms with van der Waals surface area (Å²) in [4.78, 5) is 38.2. The smallest absolute Gasteiger partial charge is 0.274 e. The highest BCUT2D eigenvalue weighted by molar-refractivity contribution is 5.93. The van der Waals surface area contributed by atoms with Crippen molar-refractivity contribution in [2.24, 2.45) is 5.92 Å². The van der Waals surface area contributed by atoms with Gasteiger partial charge in [-0.2, -0.15) is 0 Å². The number of hydroxylamine groups is 2. The molecule has 0 radical (unpaired) electrons. The maximum absolute atomic E-state index is 12.9. The summed E-state index contributed by atoms with van der Waals surface area (Å²) < 4.78 is 0. The zero-order valence-corrected chi connectivity index (χ0v) is 20.8. The van der Waals surface area contributed by atoms with E-state index in [0.717, 1.165) is 54.4 Å². The fourth-order valence-corrected chi connectivity index (χ4v) is 5.29. The number of rotatable bonds is 9. The number of aryl methyl sites for hydroxylation is 1. The molecule has 3 N–H and O–H groups in total. The minimum Gasteiger partial charge on any atom is -0.289 e. The quantitative estimate of drug-likeness (QED) is 0.297. The van der Waals surface area contributed by atoms with Crippen molar-refractivity contribution in [1.29, 1.82) is 0 Å². The van der Waals surface area contributed by atoms with Gasteiger partial charge in [0.25, 0.3) is 5.91 Å². The number of nitrogens with zero attached hydrogens (tertiary/aromatic N) is 2. The van der Waals surface area contributed by atoms with Crippen molar-refractivity contribution in [1.82, 2.24) is 20.8 Å². The molecule has 1 fully saturated rings. The fourth-order valence-electron chi connectivity index (χ4n) is 5.29. The van der Waals surface area contributed by atoms with Crippen molar-refractivity contribution in [3.05, 3.63) is 77.5 Å². The Morgan fingerprint density at radius 2 is 1.92 bits per heavy atom. The molecule has 3 aromatic rings. The third-order valence-electron chi connectivity index (χ3n) is 6.86. The first kappa shape index (κ1) is 25.8. The van der Waals surface area contributed by atoms with Crippen LogP contribution in [0.25, 0.3) is 10.9 Å². The molecule has 0 bridgehead atoms. The number of fused-ring (bicyclic) bond motifs is 1. The molecule has 2 heterocycles. The Morgan fingerprint density at radius 3 is 2.67 bits per heavy atom. The third-order valence-corrected chi connectivity index (χ3v) is 6.86. The Hall–Kier alpha value is -3.33. The number of carbonyl (C=O) groups excluding carboxylic acids is 2. The number of para-hydroxylation sites is 1. The molecule has 1 unspecified atom stereocenters. The maximum atomic E-state index is 12.9. The summed E-state index contributed by atoms with van der Waals surface area (Å²) in [6.45, 7) is 4.82. The van der Waals surface area contributed by atoms with Gasteiger partial charge in [-0.25, -0.2) is 15.8 Å². The van der Waals surface area contributed by atoms with Crippen molar-refractivity contribution in [3.8, 4) is 0 Å². The zero-order chi connectivity index (χ0) is 25.5. The summed E-state index contributed by atoms with van der Waals surface area (Å²) >= 11 is 0. The van der Waals surface area contributed by atoms with Gasteiger partial charge in [-0.15, -0.1) is 0 Å². The minimum absolute atomic E-state index is 0.0342. The summed E-state index contributed by atoms with van der Waals surface area (Å²) in [6, 6.07) is 18.9. The topological polar surface area (TPSA) is 104 Å². The first-order valence-electron chi connectivity index (χ1n) is 12.6. The Bertz CT molecular complexity index is 1190. The second-order valence-corrected chi connectivity index (χ2v) is 9.37. The van der Waals surface area contributed by atoms with Crippen molar-refractivity contribution in [2.45, 2.75) is 58.2 Å². The van der Waals surface area contributed by atoms with Gasteiger partial charge in [-0.05, 0) is 56.4 Å². The van der Waals surface area contributed by atoms with E-state index < -0.39 is 6.23 Å². The van der Waals surface area contributed by atoms with Gasteiger partial charge in [-0.3, -0.25) is 24.7 Å². The van der Waals surface area contributed by atoms with E-state index in [0.29, 0.717) is 5.56 Å². The molecule has 8 heteroatoms. The number of pyridine rings is 1. The number of likely N-dealkylation sites (tertiary alicyclic amines) is 1. The van der Waals surface area contributed by atoms with Gasteiger partial charge in [0.2, 0.25) is 5.91 Å². The molecule has 2 amide bonds. The highest BCUT2D eigenvalue weighted by atomic mass is 16.7.